The van der Waals surface area contributed by atoms with Crippen molar-refractivity contribution in [3.8, 4) is 0 Å². The van der Waals surface area contributed by atoms with Gasteiger partial charge in [-0.1, -0.05) is 20.8 Å². The minimum atomic E-state index is -0.214. The Hall–Kier alpha value is -0.610. The summed E-state index contributed by atoms with van der Waals surface area (Å²) >= 11 is 5.03. The van der Waals surface area contributed by atoms with Crippen LogP contribution in [0.25, 0.3) is 6.08 Å². The second kappa shape index (κ2) is 5.24. The van der Waals surface area contributed by atoms with E-state index >= 15 is 0 Å². The zero-order valence-electron chi connectivity index (χ0n) is 12.7. The predicted molar refractivity (Wildman–Crippen MR) is 90.2 cm³/mol. The lowest BCUT2D eigenvalue weighted by atomic mass is 9.70. The fraction of sp³-hybridized carbons (Fsp3) is 0.588. The van der Waals surface area contributed by atoms with Crippen molar-refractivity contribution in [3.05, 3.63) is 26.9 Å². The van der Waals surface area contributed by atoms with Crippen molar-refractivity contribution < 1.29 is 9.53 Å². The summed E-state index contributed by atoms with van der Waals surface area (Å²) in [5, 5.41) is 0. The summed E-state index contributed by atoms with van der Waals surface area (Å²) in [6.07, 6.45) is 6.92. The standard InChI is InChI=1S/C17H21BrO2S/c1-16(2)11-8-9-17(16,3)13(10-11)20-15(19)7-5-12-4-6-14(18)21-12/h4-7,11,13H,8-10H2,1-3H3/b7-5+. The fourth-order valence-corrected chi connectivity index (χ4v) is 5.38. The van der Waals surface area contributed by atoms with Crippen LogP contribution in [0.3, 0.4) is 0 Å². The number of hydrogen-bond acceptors (Lipinski definition) is 3. The van der Waals surface area contributed by atoms with Crippen molar-refractivity contribution in [1.82, 2.24) is 0 Å². The van der Waals surface area contributed by atoms with Crippen molar-refractivity contribution >= 4 is 39.3 Å². The number of thiophene rings is 1. The number of hydrogen-bond donors (Lipinski definition) is 0. The molecular formula is C17H21BrO2S. The molecule has 0 radical (unpaired) electrons. The molecule has 0 amide bonds. The molecule has 2 bridgehead atoms. The van der Waals surface area contributed by atoms with Crippen LogP contribution in [-0.2, 0) is 9.53 Å². The molecule has 2 fully saturated rings. The maximum atomic E-state index is 12.1. The van der Waals surface area contributed by atoms with Crippen molar-refractivity contribution in [1.29, 1.82) is 0 Å². The van der Waals surface area contributed by atoms with Crippen LogP contribution in [0.4, 0.5) is 0 Å². The molecule has 0 N–H and O–H groups in total. The lowest BCUT2D eigenvalue weighted by Gasteiger charge is -2.38. The second-order valence-electron chi connectivity index (χ2n) is 7.01. The number of carbonyl (C=O) groups is 1. The molecule has 0 saturated heterocycles. The highest BCUT2D eigenvalue weighted by atomic mass is 79.9. The van der Waals surface area contributed by atoms with Gasteiger partial charge in [-0.3, -0.25) is 0 Å². The van der Waals surface area contributed by atoms with Crippen molar-refractivity contribution in [2.24, 2.45) is 16.7 Å². The summed E-state index contributed by atoms with van der Waals surface area (Å²) in [5.41, 5.74) is 0.410. The van der Waals surface area contributed by atoms with Crippen LogP contribution in [0.5, 0.6) is 0 Å². The summed E-state index contributed by atoms with van der Waals surface area (Å²) < 4.78 is 6.85. The number of fused-ring (bicyclic) bond motifs is 2. The number of ether oxygens (including phenoxy) is 1. The Kier molecular flexibility index (Phi) is 3.81. The van der Waals surface area contributed by atoms with Crippen LogP contribution in [0.2, 0.25) is 0 Å². The van der Waals surface area contributed by atoms with Gasteiger partial charge in [-0.2, -0.15) is 0 Å². The summed E-state index contributed by atoms with van der Waals surface area (Å²) in [6, 6.07) is 3.97. The smallest absolute Gasteiger partial charge is 0.331 e. The van der Waals surface area contributed by atoms with E-state index in [-0.39, 0.29) is 22.9 Å². The Morgan fingerprint density at radius 3 is 2.71 bits per heavy atom. The maximum Gasteiger partial charge on any atom is 0.331 e. The minimum Gasteiger partial charge on any atom is -0.459 e. The van der Waals surface area contributed by atoms with E-state index in [1.165, 1.54) is 12.8 Å². The molecule has 3 rings (SSSR count). The highest BCUT2D eigenvalue weighted by molar-refractivity contribution is 9.11. The van der Waals surface area contributed by atoms with Crippen LogP contribution in [0.15, 0.2) is 22.0 Å². The van der Waals surface area contributed by atoms with Gasteiger partial charge in [0.1, 0.15) is 6.10 Å². The van der Waals surface area contributed by atoms with Gasteiger partial charge in [0.2, 0.25) is 0 Å². The van der Waals surface area contributed by atoms with Crippen LogP contribution in [0.1, 0.15) is 44.9 Å². The van der Waals surface area contributed by atoms with Crippen molar-refractivity contribution in [3.63, 3.8) is 0 Å². The molecule has 21 heavy (non-hydrogen) atoms. The first-order chi connectivity index (χ1) is 9.83. The number of rotatable bonds is 3. The van der Waals surface area contributed by atoms with Gasteiger partial charge in [-0.25, -0.2) is 4.79 Å². The highest BCUT2D eigenvalue weighted by Crippen LogP contribution is 2.66. The van der Waals surface area contributed by atoms with E-state index in [1.54, 1.807) is 17.4 Å². The lowest BCUT2D eigenvalue weighted by molar-refractivity contribution is -0.150. The number of carbonyl (C=O) groups excluding carboxylic acids is 1. The van der Waals surface area contributed by atoms with Gasteiger partial charge in [-0.05, 0) is 64.7 Å². The molecule has 0 aliphatic heterocycles. The predicted octanol–water partition coefficient (Wildman–Crippen LogP) is 5.28. The largest absolute Gasteiger partial charge is 0.459 e. The second-order valence-corrected chi connectivity index (χ2v) is 9.51. The third kappa shape index (κ3) is 2.50. The fourth-order valence-electron chi connectivity index (χ4n) is 4.06. The average Bonchev–Trinajstić information content (AvgIpc) is 2.98. The Bertz CT molecular complexity index is 589. The molecule has 2 saturated carbocycles. The van der Waals surface area contributed by atoms with E-state index in [0.29, 0.717) is 5.92 Å². The maximum absolute atomic E-state index is 12.1. The quantitative estimate of drug-likeness (QED) is 0.535. The molecule has 2 aliphatic rings. The molecule has 1 aromatic rings. The minimum absolute atomic E-state index is 0.0680. The Labute approximate surface area is 138 Å². The molecule has 4 heteroatoms. The molecule has 0 aromatic carbocycles. The lowest BCUT2D eigenvalue weighted by Crippen LogP contribution is -2.38. The van der Waals surface area contributed by atoms with Crippen LogP contribution in [-0.4, -0.2) is 12.1 Å². The number of esters is 1. The van der Waals surface area contributed by atoms with Crippen LogP contribution >= 0.6 is 27.3 Å². The van der Waals surface area contributed by atoms with Gasteiger partial charge >= 0.3 is 5.97 Å². The summed E-state index contributed by atoms with van der Waals surface area (Å²) in [7, 11) is 0. The van der Waals surface area contributed by atoms with E-state index in [4.69, 9.17) is 4.74 Å². The first-order valence-electron chi connectivity index (χ1n) is 7.47. The zero-order chi connectivity index (χ0) is 15.3. The van der Waals surface area contributed by atoms with E-state index in [1.807, 2.05) is 18.2 Å². The van der Waals surface area contributed by atoms with Gasteiger partial charge in [-0.15, -0.1) is 11.3 Å². The normalized spacial score (nSPS) is 33.7. The SMILES string of the molecule is CC1(C)C2CCC1(C)C(OC(=O)/C=C/c1ccc(Br)s1)C2. The molecule has 1 aromatic heterocycles. The number of halogens is 1. The van der Waals surface area contributed by atoms with E-state index in [9.17, 15) is 4.79 Å². The van der Waals surface area contributed by atoms with E-state index in [2.05, 4.69) is 36.7 Å². The Morgan fingerprint density at radius 2 is 2.19 bits per heavy atom. The van der Waals surface area contributed by atoms with Gasteiger partial charge in [0, 0.05) is 16.4 Å². The Morgan fingerprint density at radius 1 is 1.43 bits per heavy atom. The molecular weight excluding hydrogens is 348 g/mol. The highest BCUT2D eigenvalue weighted by Gasteiger charge is 2.62. The van der Waals surface area contributed by atoms with Gasteiger partial charge in [0.05, 0.1) is 3.79 Å². The Balaban J connectivity index is 1.65. The third-order valence-electron chi connectivity index (χ3n) is 5.95. The summed E-state index contributed by atoms with van der Waals surface area (Å²) in [4.78, 5) is 13.1. The van der Waals surface area contributed by atoms with Crippen LogP contribution < -0.4 is 0 Å². The third-order valence-corrected chi connectivity index (χ3v) is 7.54. The van der Waals surface area contributed by atoms with Crippen molar-refractivity contribution in [2.45, 2.75) is 46.1 Å². The van der Waals surface area contributed by atoms with E-state index in [0.717, 1.165) is 15.1 Å². The molecule has 1 heterocycles. The topological polar surface area (TPSA) is 26.3 Å². The molecule has 0 spiro atoms. The summed E-state index contributed by atoms with van der Waals surface area (Å²) in [6.45, 7) is 6.95. The van der Waals surface area contributed by atoms with Gasteiger partial charge in [0.15, 0.2) is 0 Å². The molecule has 2 nitrogen and oxygen atoms in total. The molecule has 3 atom stereocenters. The molecule has 3 unspecified atom stereocenters. The molecule has 2 aliphatic carbocycles. The van der Waals surface area contributed by atoms with Crippen LogP contribution in [0, 0.1) is 16.7 Å². The average molecular weight is 369 g/mol. The van der Waals surface area contributed by atoms with Crippen molar-refractivity contribution in [2.75, 3.05) is 0 Å². The van der Waals surface area contributed by atoms with Gasteiger partial charge < -0.3 is 4.74 Å². The summed E-state index contributed by atoms with van der Waals surface area (Å²) in [5.74, 6) is 0.478. The van der Waals surface area contributed by atoms with E-state index < -0.39 is 0 Å². The first-order valence-corrected chi connectivity index (χ1v) is 9.08. The zero-order valence-corrected chi connectivity index (χ0v) is 15.1. The molecule has 114 valence electrons. The van der Waals surface area contributed by atoms with Gasteiger partial charge in [0.25, 0.3) is 0 Å². The monoisotopic (exact) mass is 368 g/mol. The first kappa shape index (κ1) is 15.3.